The number of rotatable bonds is 4. The van der Waals surface area contributed by atoms with Gasteiger partial charge in [0.15, 0.2) is 0 Å². The van der Waals surface area contributed by atoms with Crippen LogP contribution in [0.1, 0.15) is 27.3 Å². The van der Waals surface area contributed by atoms with Gasteiger partial charge in [0.2, 0.25) is 0 Å². The fraction of sp³-hybridized carbons (Fsp3) is 0.294. The van der Waals surface area contributed by atoms with Crippen LogP contribution < -0.4 is 5.32 Å². The van der Waals surface area contributed by atoms with Gasteiger partial charge in [-0.15, -0.1) is 5.10 Å². The molecule has 2 heterocycles. The Morgan fingerprint density at radius 1 is 1.22 bits per heavy atom. The summed E-state index contributed by atoms with van der Waals surface area (Å²) >= 11 is 0. The predicted molar refractivity (Wildman–Crippen MR) is 88.3 cm³/mol. The predicted octanol–water partition coefficient (Wildman–Crippen LogP) is 2.18. The summed E-state index contributed by atoms with van der Waals surface area (Å²) in [6, 6.07) is 7.72. The molecule has 0 saturated heterocycles. The Morgan fingerprint density at radius 3 is 2.78 bits per heavy atom. The van der Waals surface area contributed by atoms with E-state index < -0.39 is 0 Å². The molecule has 6 heteroatoms. The highest BCUT2D eigenvalue weighted by atomic mass is 16.1. The van der Waals surface area contributed by atoms with Crippen LogP contribution in [-0.2, 0) is 6.54 Å². The molecule has 2 aromatic heterocycles. The van der Waals surface area contributed by atoms with Crippen LogP contribution in [0.5, 0.6) is 0 Å². The molecule has 0 atom stereocenters. The van der Waals surface area contributed by atoms with E-state index in [0.717, 1.165) is 27.9 Å². The lowest BCUT2D eigenvalue weighted by molar-refractivity contribution is 0.0953. The summed E-state index contributed by atoms with van der Waals surface area (Å²) in [5.74, 6) is -0.0945. The first-order valence-corrected chi connectivity index (χ1v) is 7.56. The Labute approximate surface area is 134 Å². The van der Waals surface area contributed by atoms with Crippen LogP contribution in [0.4, 0.5) is 0 Å². The van der Waals surface area contributed by atoms with Crippen LogP contribution in [0.25, 0.3) is 10.9 Å². The maximum absolute atomic E-state index is 12.5. The van der Waals surface area contributed by atoms with Crippen molar-refractivity contribution >= 4 is 16.8 Å². The number of hydrogen-bond acceptors (Lipinski definition) is 4. The van der Waals surface area contributed by atoms with Crippen LogP contribution in [0.3, 0.4) is 0 Å². The highest BCUT2D eigenvalue weighted by Gasteiger charge is 2.12. The van der Waals surface area contributed by atoms with Gasteiger partial charge < -0.3 is 5.32 Å². The maximum Gasteiger partial charge on any atom is 0.252 e. The molecule has 118 valence electrons. The molecule has 0 aliphatic carbocycles. The van der Waals surface area contributed by atoms with Crippen molar-refractivity contribution < 1.29 is 4.79 Å². The third-order valence-corrected chi connectivity index (χ3v) is 3.69. The molecule has 0 aliphatic rings. The van der Waals surface area contributed by atoms with Gasteiger partial charge >= 0.3 is 0 Å². The molecule has 1 aromatic carbocycles. The fourth-order valence-electron chi connectivity index (χ4n) is 2.59. The minimum atomic E-state index is -0.0945. The second kappa shape index (κ2) is 6.16. The number of pyridine rings is 1. The zero-order chi connectivity index (χ0) is 16.4. The number of hydrogen-bond donors (Lipinski definition) is 1. The molecule has 6 nitrogen and oxygen atoms in total. The third kappa shape index (κ3) is 3.21. The molecule has 3 rings (SSSR count). The molecule has 0 spiro atoms. The van der Waals surface area contributed by atoms with Gasteiger partial charge in [0, 0.05) is 23.8 Å². The Bertz CT molecular complexity index is 869. The van der Waals surface area contributed by atoms with E-state index >= 15 is 0 Å². The molecule has 1 N–H and O–H groups in total. The Kier molecular flexibility index (Phi) is 4.06. The number of fused-ring (bicyclic) bond motifs is 1. The number of nitrogens with one attached hydrogen (secondary N) is 1. The van der Waals surface area contributed by atoms with Gasteiger partial charge in [-0.05, 0) is 32.4 Å². The van der Waals surface area contributed by atoms with Gasteiger partial charge in [0.05, 0.1) is 23.3 Å². The van der Waals surface area contributed by atoms with Crippen molar-refractivity contribution in [3.63, 3.8) is 0 Å². The van der Waals surface area contributed by atoms with E-state index in [1.54, 1.807) is 4.68 Å². The second-order valence-corrected chi connectivity index (χ2v) is 5.66. The molecule has 0 aliphatic heterocycles. The van der Waals surface area contributed by atoms with Crippen molar-refractivity contribution in [1.29, 1.82) is 0 Å². The van der Waals surface area contributed by atoms with E-state index in [0.29, 0.717) is 18.7 Å². The van der Waals surface area contributed by atoms with Crippen LogP contribution in [0.15, 0.2) is 30.5 Å². The molecule has 0 saturated carbocycles. The average molecular weight is 309 g/mol. The second-order valence-electron chi connectivity index (χ2n) is 5.66. The Balaban J connectivity index is 1.79. The topological polar surface area (TPSA) is 72.7 Å². The lowest BCUT2D eigenvalue weighted by atomic mass is 10.0. The zero-order valence-corrected chi connectivity index (χ0v) is 13.5. The molecule has 0 radical (unpaired) electrons. The number of carbonyl (C=O) groups is 1. The van der Waals surface area contributed by atoms with Crippen molar-refractivity contribution in [2.75, 3.05) is 6.54 Å². The normalized spacial score (nSPS) is 10.9. The Hall–Kier alpha value is -2.76. The molecule has 0 fully saturated rings. The summed E-state index contributed by atoms with van der Waals surface area (Å²) in [6.45, 7) is 6.88. The van der Waals surface area contributed by atoms with E-state index in [9.17, 15) is 4.79 Å². The summed E-state index contributed by atoms with van der Waals surface area (Å²) in [7, 11) is 0. The number of benzene rings is 1. The molecule has 0 bridgehead atoms. The van der Waals surface area contributed by atoms with Crippen molar-refractivity contribution in [2.24, 2.45) is 0 Å². The van der Waals surface area contributed by atoms with Gasteiger partial charge in [-0.25, -0.2) is 0 Å². The van der Waals surface area contributed by atoms with Gasteiger partial charge in [-0.3, -0.25) is 14.5 Å². The SMILES string of the molecule is Cc1cn(CCNC(=O)c2cc(C)nc3c(C)cccc23)nn1. The number of aromatic nitrogens is 4. The van der Waals surface area contributed by atoms with E-state index in [1.165, 1.54) is 0 Å². The summed E-state index contributed by atoms with van der Waals surface area (Å²) in [4.78, 5) is 17.1. The maximum atomic E-state index is 12.5. The first kappa shape index (κ1) is 15.1. The first-order valence-electron chi connectivity index (χ1n) is 7.56. The largest absolute Gasteiger partial charge is 0.350 e. The van der Waals surface area contributed by atoms with Crippen LogP contribution in [-0.4, -0.2) is 32.4 Å². The molecule has 1 amide bonds. The first-order chi connectivity index (χ1) is 11.0. The van der Waals surface area contributed by atoms with Crippen LogP contribution >= 0.6 is 0 Å². The van der Waals surface area contributed by atoms with Crippen molar-refractivity contribution in [3.05, 3.63) is 53.0 Å². The molecule has 3 aromatic rings. The lowest BCUT2D eigenvalue weighted by Gasteiger charge is -2.10. The summed E-state index contributed by atoms with van der Waals surface area (Å²) in [5.41, 5.74) is 4.31. The zero-order valence-electron chi connectivity index (χ0n) is 13.5. The van der Waals surface area contributed by atoms with E-state index in [1.807, 2.05) is 51.2 Å². The number of nitrogens with zero attached hydrogens (tertiary/aromatic N) is 4. The van der Waals surface area contributed by atoms with Crippen molar-refractivity contribution in [3.8, 4) is 0 Å². The fourth-order valence-corrected chi connectivity index (χ4v) is 2.59. The van der Waals surface area contributed by atoms with E-state index in [-0.39, 0.29) is 5.91 Å². The summed E-state index contributed by atoms with van der Waals surface area (Å²) in [6.07, 6.45) is 1.85. The summed E-state index contributed by atoms with van der Waals surface area (Å²) < 4.78 is 1.72. The standard InChI is InChI=1S/C17H19N5O/c1-11-5-4-6-14-15(9-12(2)19-16(11)14)17(23)18-7-8-22-10-13(3)20-21-22/h4-6,9-10H,7-8H2,1-3H3,(H,18,23). The average Bonchev–Trinajstić information content (AvgIpc) is 2.93. The molecular formula is C17H19N5O. The third-order valence-electron chi connectivity index (χ3n) is 3.69. The van der Waals surface area contributed by atoms with E-state index in [2.05, 4.69) is 20.6 Å². The molecule has 0 unspecified atom stereocenters. The monoisotopic (exact) mass is 309 g/mol. The van der Waals surface area contributed by atoms with Crippen molar-refractivity contribution in [1.82, 2.24) is 25.3 Å². The highest BCUT2D eigenvalue weighted by Crippen LogP contribution is 2.21. The van der Waals surface area contributed by atoms with Crippen LogP contribution in [0.2, 0.25) is 0 Å². The van der Waals surface area contributed by atoms with Crippen molar-refractivity contribution in [2.45, 2.75) is 27.3 Å². The minimum absolute atomic E-state index is 0.0945. The number of para-hydroxylation sites is 1. The smallest absolute Gasteiger partial charge is 0.252 e. The number of aryl methyl sites for hydroxylation is 3. The molecule has 23 heavy (non-hydrogen) atoms. The van der Waals surface area contributed by atoms with E-state index in [4.69, 9.17) is 0 Å². The highest BCUT2D eigenvalue weighted by molar-refractivity contribution is 6.06. The quantitative estimate of drug-likeness (QED) is 0.802. The van der Waals surface area contributed by atoms with Gasteiger partial charge in [0.25, 0.3) is 5.91 Å². The van der Waals surface area contributed by atoms with Crippen LogP contribution in [0, 0.1) is 20.8 Å². The summed E-state index contributed by atoms with van der Waals surface area (Å²) in [5, 5.41) is 11.7. The molecular weight excluding hydrogens is 290 g/mol. The van der Waals surface area contributed by atoms with Gasteiger partial charge in [0.1, 0.15) is 0 Å². The number of carbonyl (C=O) groups excluding carboxylic acids is 1. The number of amides is 1. The Morgan fingerprint density at radius 2 is 2.04 bits per heavy atom. The van der Waals surface area contributed by atoms with Gasteiger partial charge in [-0.2, -0.15) is 0 Å². The van der Waals surface area contributed by atoms with Gasteiger partial charge in [-0.1, -0.05) is 23.4 Å². The lowest BCUT2D eigenvalue weighted by Crippen LogP contribution is -2.27. The minimum Gasteiger partial charge on any atom is -0.350 e.